The number of carbonyl (C=O) groups excluding carboxylic acids is 1. The smallest absolute Gasteiger partial charge is 0.255 e. The molecule has 1 amide bonds. The predicted octanol–water partition coefficient (Wildman–Crippen LogP) is 3.31. The number of nitrogens with zero attached hydrogens (tertiary/aromatic N) is 2. The Kier molecular flexibility index (Phi) is 5.25. The zero-order valence-corrected chi connectivity index (χ0v) is 14.8. The molecule has 0 aliphatic heterocycles. The Labute approximate surface area is 149 Å². The van der Waals surface area contributed by atoms with Crippen LogP contribution in [0.4, 0.5) is 4.39 Å². The first-order chi connectivity index (χ1) is 12.1. The number of H-pyrrole nitrogens is 1. The van der Waals surface area contributed by atoms with Crippen LogP contribution in [-0.4, -0.2) is 41.6 Å². The van der Waals surface area contributed by atoms with Gasteiger partial charge in [0, 0.05) is 12.1 Å². The van der Waals surface area contributed by atoms with E-state index in [1.54, 1.807) is 23.5 Å². The van der Waals surface area contributed by atoms with Gasteiger partial charge in [-0.05, 0) is 60.8 Å². The Hall–Kier alpha value is -2.51. The summed E-state index contributed by atoms with van der Waals surface area (Å²) in [7, 11) is 3.96. The van der Waals surface area contributed by atoms with E-state index in [4.69, 9.17) is 0 Å². The van der Waals surface area contributed by atoms with Crippen molar-refractivity contribution in [3.05, 3.63) is 64.2 Å². The van der Waals surface area contributed by atoms with E-state index in [9.17, 15) is 9.18 Å². The third-order valence-electron chi connectivity index (χ3n) is 4.02. The molecule has 5 nitrogen and oxygen atoms in total. The summed E-state index contributed by atoms with van der Waals surface area (Å²) >= 11 is 1.63. The number of aromatic nitrogens is 2. The van der Waals surface area contributed by atoms with Crippen LogP contribution in [0.1, 0.15) is 22.0 Å². The average Bonchev–Trinajstić information content (AvgIpc) is 3.27. The lowest BCUT2D eigenvalue weighted by molar-refractivity contribution is 0.0942. The van der Waals surface area contributed by atoms with Crippen LogP contribution in [0.15, 0.2) is 47.3 Å². The molecule has 0 bridgehead atoms. The molecule has 3 aromatic rings. The number of halogens is 1. The van der Waals surface area contributed by atoms with Crippen molar-refractivity contribution in [2.75, 3.05) is 20.6 Å². The van der Waals surface area contributed by atoms with E-state index in [0.717, 1.165) is 0 Å². The Balaban J connectivity index is 1.74. The molecular formula is C18H19FN4OS. The number of benzene rings is 1. The number of carbonyl (C=O) groups is 1. The van der Waals surface area contributed by atoms with Gasteiger partial charge in [-0.1, -0.05) is 0 Å². The minimum atomic E-state index is -0.321. The molecule has 130 valence electrons. The number of nitrogens with one attached hydrogen (secondary N) is 2. The van der Waals surface area contributed by atoms with E-state index < -0.39 is 0 Å². The zero-order chi connectivity index (χ0) is 17.8. The molecule has 0 fully saturated rings. The fraction of sp³-hybridized carbons (Fsp3) is 0.222. The van der Waals surface area contributed by atoms with Gasteiger partial charge in [0.2, 0.25) is 0 Å². The molecule has 25 heavy (non-hydrogen) atoms. The molecule has 0 radical (unpaired) electrons. The van der Waals surface area contributed by atoms with Crippen LogP contribution in [0.3, 0.4) is 0 Å². The maximum Gasteiger partial charge on any atom is 0.255 e. The van der Waals surface area contributed by atoms with Crippen molar-refractivity contribution >= 4 is 17.2 Å². The van der Waals surface area contributed by atoms with Gasteiger partial charge in [-0.25, -0.2) is 4.39 Å². The van der Waals surface area contributed by atoms with E-state index >= 15 is 0 Å². The molecule has 1 atom stereocenters. The highest BCUT2D eigenvalue weighted by Gasteiger charge is 2.19. The van der Waals surface area contributed by atoms with Crippen LogP contribution in [0.25, 0.3) is 11.3 Å². The average molecular weight is 358 g/mol. The van der Waals surface area contributed by atoms with Crippen molar-refractivity contribution in [2.45, 2.75) is 6.04 Å². The molecule has 2 heterocycles. The zero-order valence-electron chi connectivity index (χ0n) is 14.0. The van der Waals surface area contributed by atoms with Crippen molar-refractivity contribution in [1.29, 1.82) is 0 Å². The van der Waals surface area contributed by atoms with Crippen molar-refractivity contribution in [1.82, 2.24) is 20.4 Å². The normalized spacial score (nSPS) is 12.3. The van der Waals surface area contributed by atoms with Gasteiger partial charge in [0.1, 0.15) is 5.82 Å². The van der Waals surface area contributed by atoms with Crippen LogP contribution in [0.5, 0.6) is 0 Å². The number of aromatic amines is 1. The summed E-state index contributed by atoms with van der Waals surface area (Å²) in [5.74, 6) is -0.533. The van der Waals surface area contributed by atoms with E-state index in [0.29, 0.717) is 23.4 Å². The molecular weight excluding hydrogens is 339 g/mol. The maximum atomic E-state index is 13.1. The number of hydrogen-bond acceptors (Lipinski definition) is 4. The predicted molar refractivity (Wildman–Crippen MR) is 97.1 cm³/mol. The number of likely N-dealkylation sites (N-methyl/N-ethyl adjacent to an activating group) is 1. The molecule has 2 aromatic heterocycles. The summed E-state index contributed by atoms with van der Waals surface area (Å²) < 4.78 is 13.1. The fourth-order valence-corrected chi connectivity index (χ4v) is 3.35. The van der Waals surface area contributed by atoms with Crippen molar-refractivity contribution in [2.24, 2.45) is 0 Å². The van der Waals surface area contributed by atoms with Crippen LogP contribution < -0.4 is 5.32 Å². The summed E-state index contributed by atoms with van der Waals surface area (Å²) in [5.41, 5.74) is 2.90. The Bertz CT molecular complexity index is 827. The highest BCUT2D eigenvalue weighted by atomic mass is 32.1. The van der Waals surface area contributed by atoms with Gasteiger partial charge in [0.25, 0.3) is 5.91 Å². The Morgan fingerprint density at radius 1 is 1.32 bits per heavy atom. The van der Waals surface area contributed by atoms with E-state index in [1.807, 2.05) is 19.5 Å². The number of rotatable bonds is 6. The summed E-state index contributed by atoms with van der Waals surface area (Å²) in [6.07, 6.45) is 1.49. The molecule has 1 aromatic carbocycles. The first-order valence-electron chi connectivity index (χ1n) is 7.82. The van der Waals surface area contributed by atoms with Crippen molar-refractivity contribution in [3.8, 4) is 11.3 Å². The van der Waals surface area contributed by atoms with Gasteiger partial charge in [0.15, 0.2) is 0 Å². The van der Waals surface area contributed by atoms with Gasteiger partial charge < -0.3 is 10.2 Å². The van der Waals surface area contributed by atoms with Gasteiger partial charge in [-0.2, -0.15) is 16.4 Å². The van der Waals surface area contributed by atoms with Crippen LogP contribution in [0, 0.1) is 5.82 Å². The topological polar surface area (TPSA) is 61.0 Å². The second-order valence-corrected chi connectivity index (χ2v) is 6.69. The molecule has 0 saturated heterocycles. The van der Waals surface area contributed by atoms with Gasteiger partial charge in [0.05, 0.1) is 23.5 Å². The Morgan fingerprint density at radius 3 is 2.72 bits per heavy atom. The monoisotopic (exact) mass is 358 g/mol. The standard InChI is InChI=1S/C18H19FN4OS/c1-23(2)16(13-7-8-25-11-13)10-20-18(24)15-9-21-22-17(15)12-3-5-14(19)6-4-12/h3-9,11,16H,10H2,1-2H3,(H,20,24)(H,21,22)/t16-/m0/s1. The lowest BCUT2D eigenvalue weighted by Crippen LogP contribution is -2.34. The molecule has 0 aliphatic rings. The second kappa shape index (κ2) is 7.58. The highest BCUT2D eigenvalue weighted by Crippen LogP contribution is 2.23. The Morgan fingerprint density at radius 2 is 2.08 bits per heavy atom. The summed E-state index contributed by atoms with van der Waals surface area (Å²) in [6.45, 7) is 0.483. The summed E-state index contributed by atoms with van der Waals surface area (Å²) in [5, 5.41) is 13.9. The first kappa shape index (κ1) is 17.3. The third-order valence-corrected chi connectivity index (χ3v) is 4.73. The minimum absolute atomic E-state index is 0.0939. The van der Waals surface area contributed by atoms with Crippen LogP contribution in [-0.2, 0) is 0 Å². The number of thiophene rings is 1. The maximum absolute atomic E-state index is 13.1. The largest absolute Gasteiger partial charge is 0.350 e. The van der Waals surface area contributed by atoms with Crippen molar-refractivity contribution in [3.63, 3.8) is 0 Å². The highest BCUT2D eigenvalue weighted by molar-refractivity contribution is 7.07. The lowest BCUT2D eigenvalue weighted by Gasteiger charge is -2.24. The molecule has 0 spiro atoms. The van der Waals surface area contributed by atoms with E-state index in [-0.39, 0.29) is 17.8 Å². The molecule has 0 aliphatic carbocycles. The van der Waals surface area contributed by atoms with Gasteiger partial charge in [-0.15, -0.1) is 0 Å². The SMILES string of the molecule is CN(C)[C@@H](CNC(=O)c1cn[nH]c1-c1ccc(F)cc1)c1ccsc1. The molecule has 2 N–H and O–H groups in total. The van der Waals surface area contributed by atoms with Gasteiger partial charge >= 0.3 is 0 Å². The fourth-order valence-electron chi connectivity index (χ4n) is 2.64. The quantitative estimate of drug-likeness (QED) is 0.711. The summed E-state index contributed by atoms with van der Waals surface area (Å²) in [4.78, 5) is 14.7. The molecule has 7 heteroatoms. The van der Waals surface area contributed by atoms with Crippen molar-refractivity contribution < 1.29 is 9.18 Å². The van der Waals surface area contributed by atoms with E-state index in [1.165, 1.54) is 23.9 Å². The van der Waals surface area contributed by atoms with E-state index in [2.05, 4.69) is 31.9 Å². The number of hydrogen-bond donors (Lipinski definition) is 2. The van der Waals surface area contributed by atoms with Crippen LogP contribution in [0.2, 0.25) is 0 Å². The number of amides is 1. The third kappa shape index (κ3) is 3.94. The van der Waals surface area contributed by atoms with Crippen LogP contribution >= 0.6 is 11.3 Å². The summed E-state index contributed by atoms with van der Waals surface area (Å²) in [6, 6.07) is 8.11. The second-order valence-electron chi connectivity index (χ2n) is 5.91. The molecule has 0 saturated carbocycles. The molecule has 0 unspecified atom stereocenters. The first-order valence-corrected chi connectivity index (χ1v) is 8.76. The minimum Gasteiger partial charge on any atom is -0.350 e. The van der Waals surface area contributed by atoms with Gasteiger partial charge in [-0.3, -0.25) is 9.89 Å². The lowest BCUT2D eigenvalue weighted by atomic mass is 10.1. The molecule has 3 rings (SSSR count).